The minimum Gasteiger partial charge on any atom is -0.493 e. The third kappa shape index (κ3) is 2.81. The van der Waals surface area contributed by atoms with Gasteiger partial charge >= 0.3 is 0 Å². The molecule has 1 unspecified atom stereocenters. The molecule has 0 spiro atoms. The molecule has 138 valence electrons. The molecular formula is C23H23NO3. The first-order valence-electron chi connectivity index (χ1n) is 9.21. The van der Waals surface area contributed by atoms with E-state index in [0.717, 1.165) is 11.3 Å². The lowest BCUT2D eigenvalue weighted by Crippen LogP contribution is -2.36. The number of hydrogen-bond donors (Lipinski definition) is 0. The fourth-order valence-corrected chi connectivity index (χ4v) is 4.11. The van der Waals surface area contributed by atoms with Crippen molar-refractivity contribution in [3.8, 4) is 11.5 Å². The summed E-state index contributed by atoms with van der Waals surface area (Å²) >= 11 is 0. The average Bonchev–Trinajstić information content (AvgIpc) is 2.72. The molecule has 1 aliphatic rings. The lowest BCUT2D eigenvalue weighted by molar-refractivity contribution is -0.119. The molecule has 0 radical (unpaired) electrons. The van der Waals surface area contributed by atoms with Crippen molar-refractivity contribution in [3.05, 3.63) is 65.7 Å². The Morgan fingerprint density at radius 1 is 1.00 bits per heavy atom. The Hall–Kier alpha value is -3.01. The van der Waals surface area contributed by atoms with Gasteiger partial charge in [0.2, 0.25) is 5.91 Å². The van der Waals surface area contributed by atoms with Gasteiger partial charge in [-0.15, -0.1) is 0 Å². The van der Waals surface area contributed by atoms with Crippen LogP contribution in [0.1, 0.15) is 30.4 Å². The first-order valence-corrected chi connectivity index (χ1v) is 9.21. The number of ether oxygens (including phenoxy) is 2. The summed E-state index contributed by atoms with van der Waals surface area (Å²) in [6, 6.07) is 18.5. The van der Waals surface area contributed by atoms with Crippen LogP contribution >= 0.6 is 0 Å². The highest BCUT2D eigenvalue weighted by Crippen LogP contribution is 2.45. The maximum absolute atomic E-state index is 12.9. The van der Waals surface area contributed by atoms with Crippen molar-refractivity contribution < 1.29 is 14.3 Å². The number of amides is 1. The van der Waals surface area contributed by atoms with E-state index in [1.54, 1.807) is 14.2 Å². The number of hydrogen-bond acceptors (Lipinski definition) is 3. The summed E-state index contributed by atoms with van der Waals surface area (Å²) in [5.74, 6) is 1.51. The van der Waals surface area contributed by atoms with E-state index in [2.05, 4.69) is 30.3 Å². The molecule has 27 heavy (non-hydrogen) atoms. The molecule has 0 aromatic heterocycles. The number of carbonyl (C=O) groups is 1. The average molecular weight is 361 g/mol. The summed E-state index contributed by atoms with van der Waals surface area (Å²) in [6.07, 6.45) is 0.449. The van der Waals surface area contributed by atoms with Crippen LogP contribution in [0.15, 0.2) is 54.6 Å². The van der Waals surface area contributed by atoms with Crippen LogP contribution in [0, 0.1) is 0 Å². The van der Waals surface area contributed by atoms with Gasteiger partial charge in [-0.3, -0.25) is 4.79 Å². The van der Waals surface area contributed by atoms with E-state index in [9.17, 15) is 4.79 Å². The van der Waals surface area contributed by atoms with E-state index in [1.165, 1.54) is 16.3 Å². The van der Waals surface area contributed by atoms with E-state index < -0.39 is 0 Å². The molecule has 0 aliphatic carbocycles. The van der Waals surface area contributed by atoms with E-state index in [4.69, 9.17) is 9.47 Å². The Bertz CT molecular complexity index is 1010. The molecule has 0 N–H and O–H groups in total. The summed E-state index contributed by atoms with van der Waals surface area (Å²) in [6.45, 7) is 2.69. The summed E-state index contributed by atoms with van der Waals surface area (Å²) in [4.78, 5) is 14.7. The molecule has 1 aliphatic heterocycles. The van der Waals surface area contributed by atoms with Gasteiger partial charge in [-0.2, -0.15) is 0 Å². The summed E-state index contributed by atoms with van der Waals surface area (Å²) in [5.41, 5.74) is 3.28. The minimum atomic E-state index is -0.0128. The molecule has 0 saturated carbocycles. The SMILES string of the molecule is CCN1C(=O)CC(c2ccc(OC)c(OC)c2)c2c1ccc1ccccc21. The fourth-order valence-electron chi connectivity index (χ4n) is 4.11. The maximum atomic E-state index is 12.9. The highest BCUT2D eigenvalue weighted by atomic mass is 16.5. The Kier molecular flexibility index (Phi) is 4.48. The predicted molar refractivity (Wildman–Crippen MR) is 108 cm³/mol. The van der Waals surface area contributed by atoms with Gasteiger partial charge in [0.05, 0.1) is 14.2 Å². The van der Waals surface area contributed by atoms with Crippen molar-refractivity contribution in [1.29, 1.82) is 0 Å². The zero-order valence-electron chi connectivity index (χ0n) is 15.9. The first-order chi connectivity index (χ1) is 13.2. The van der Waals surface area contributed by atoms with Crippen LogP contribution in [0.5, 0.6) is 11.5 Å². The smallest absolute Gasteiger partial charge is 0.227 e. The van der Waals surface area contributed by atoms with Crippen molar-refractivity contribution in [3.63, 3.8) is 0 Å². The molecule has 0 saturated heterocycles. The zero-order valence-corrected chi connectivity index (χ0v) is 15.9. The Labute approximate surface area is 159 Å². The fraction of sp³-hybridized carbons (Fsp3) is 0.261. The molecule has 4 rings (SSSR count). The highest BCUT2D eigenvalue weighted by molar-refractivity contribution is 6.03. The Balaban J connectivity index is 1.95. The molecular weight excluding hydrogens is 338 g/mol. The van der Waals surface area contributed by atoms with Crippen LogP contribution in [0.25, 0.3) is 10.8 Å². The van der Waals surface area contributed by atoms with Gasteiger partial charge in [-0.25, -0.2) is 0 Å². The van der Waals surface area contributed by atoms with Gasteiger partial charge in [0.1, 0.15) is 0 Å². The largest absolute Gasteiger partial charge is 0.493 e. The van der Waals surface area contributed by atoms with E-state index in [1.807, 2.05) is 36.1 Å². The van der Waals surface area contributed by atoms with Gasteiger partial charge in [0.15, 0.2) is 11.5 Å². The first kappa shape index (κ1) is 17.4. The van der Waals surface area contributed by atoms with Crippen LogP contribution in [0.4, 0.5) is 5.69 Å². The quantitative estimate of drug-likeness (QED) is 0.673. The lowest BCUT2D eigenvalue weighted by Gasteiger charge is -2.35. The van der Waals surface area contributed by atoms with Crippen LogP contribution < -0.4 is 14.4 Å². The predicted octanol–water partition coefficient (Wildman–Crippen LogP) is 4.75. The number of anilines is 1. The third-order valence-electron chi connectivity index (χ3n) is 5.39. The topological polar surface area (TPSA) is 38.8 Å². The Morgan fingerprint density at radius 2 is 1.78 bits per heavy atom. The van der Waals surface area contributed by atoms with Gasteiger partial charge in [-0.1, -0.05) is 36.4 Å². The van der Waals surface area contributed by atoms with E-state index in [0.29, 0.717) is 24.5 Å². The summed E-state index contributed by atoms with van der Waals surface area (Å²) in [5, 5.41) is 2.38. The molecule has 4 nitrogen and oxygen atoms in total. The van der Waals surface area contributed by atoms with Gasteiger partial charge < -0.3 is 14.4 Å². The van der Waals surface area contributed by atoms with Gasteiger partial charge in [-0.05, 0) is 47.0 Å². The third-order valence-corrected chi connectivity index (χ3v) is 5.39. The monoisotopic (exact) mass is 361 g/mol. The van der Waals surface area contributed by atoms with Crippen LogP contribution in [-0.4, -0.2) is 26.7 Å². The van der Waals surface area contributed by atoms with Crippen molar-refractivity contribution in [1.82, 2.24) is 0 Å². The standard InChI is InChI=1S/C23H23NO3/c1-4-24-19-11-9-15-7-5-6-8-17(15)23(19)18(14-22(24)25)16-10-12-20(26-2)21(13-16)27-3/h5-13,18H,4,14H2,1-3H3. The molecule has 3 aromatic rings. The number of nitrogens with zero attached hydrogens (tertiary/aromatic N) is 1. The maximum Gasteiger partial charge on any atom is 0.227 e. The molecule has 1 atom stereocenters. The minimum absolute atomic E-state index is 0.0128. The van der Waals surface area contributed by atoms with Crippen molar-refractivity contribution >= 4 is 22.4 Å². The number of benzene rings is 3. The van der Waals surface area contributed by atoms with Crippen LogP contribution in [0.3, 0.4) is 0 Å². The van der Waals surface area contributed by atoms with Crippen molar-refractivity contribution in [2.75, 3.05) is 25.7 Å². The second kappa shape index (κ2) is 6.95. The van der Waals surface area contributed by atoms with E-state index >= 15 is 0 Å². The van der Waals surface area contributed by atoms with Crippen LogP contribution in [-0.2, 0) is 4.79 Å². The van der Waals surface area contributed by atoms with Crippen LogP contribution in [0.2, 0.25) is 0 Å². The van der Waals surface area contributed by atoms with E-state index in [-0.39, 0.29) is 11.8 Å². The molecule has 1 amide bonds. The molecule has 3 aromatic carbocycles. The zero-order chi connectivity index (χ0) is 19.0. The van der Waals surface area contributed by atoms with Crippen molar-refractivity contribution in [2.45, 2.75) is 19.3 Å². The van der Waals surface area contributed by atoms with Gasteiger partial charge in [0.25, 0.3) is 0 Å². The second-order valence-electron chi connectivity index (χ2n) is 6.73. The number of methoxy groups -OCH3 is 2. The summed E-state index contributed by atoms with van der Waals surface area (Å²) in [7, 11) is 3.26. The van der Waals surface area contributed by atoms with Crippen molar-refractivity contribution in [2.24, 2.45) is 0 Å². The second-order valence-corrected chi connectivity index (χ2v) is 6.73. The lowest BCUT2D eigenvalue weighted by atomic mass is 9.81. The number of fused-ring (bicyclic) bond motifs is 3. The molecule has 4 heteroatoms. The van der Waals surface area contributed by atoms with Gasteiger partial charge in [0, 0.05) is 24.6 Å². The molecule has 0 fully saturated rings. The Morgan fingerprint density at radius 3 is 2.52 bits per heavy atom. The molecule has 0 bridgehead atoms. The summed E-state index contributed by atoms with van der Waals surface area (Å²) < 4.78 is 10.9. The normalized spacial score (nSPS) is 16.3. The molecule has 1 heterocycles. The number of carbonyl (C=O) groups excluding carboxylic acids is 1. The number of rotatable bonds is 4. The highest BCUT2D eigenvalue weighted by Gasteiger charge is 2.33.